The Labute approximate surface area is 71.6 Å². The van der Waals surface area contributed by atoms with Crippen molar-refractivity contribution in [1.82, 2.24) is 0 Å². The molecule has 1 aliphatic heterocycles. The predicted molar refractivity (Wildman–Crippen MR) is 46.9 cm³/mol. The Morgan fingerprint density at radius 2 is 2.50 bits per heavy atom. The molecule has 2 heteroatoms. The Hall–Kier alpha value is -1.31. The van der Waals surface area contributed by atoms with Crippen LogP contribution in [0.25, 0.3) is 0 Å². The first-order valence-electron chi connectivity index (χ1n) is 4.14. The highest BCUT2D eigenvalue weighted by atomic mass is 16.2. The van der Waals surface area contributed by atoms with Crippen LogP contribution in [-0.4, -0.2) is 5.91 Å². The summed E-state index contributed by atoms with van der Waals surface area (Å²) in [5.74, 6) is 0.121. The normalized spacial score (nSPS) is 20.4. The first-order chi connectivity index (χ1) is 5.83. The molecule has 1 aromatic rings. The number of hydrogen-bond acceptors (Lipinski definition) is 1. The van der Waals surface area contributed by atoms with E-state index in [1.54, 1.807) is 0 Å². The highest BCUT2D eigenvalue weighted by Gasteiger charge is 2.28. The van der Waals surface area contributed by atoms with Crippen molar-refractivity contribution in [3.63, 3.8) is 0 Å². The molecule has 0 aromatic heterocycles. The van der Waals surface area contributed by atoms with Gasteiger partial charge in [0.1, 0.15) is 0 Å². The molecule has 1 N–H and O–H groups in total. The fourth-order valence-corrected chi connectivity index (χ4v) is 1.59. The summed E-state index contributed by atoms with van der Waals surface area (Å²) in [6, 6.07) is 8.75. The van der Waals surface area contributed by atoms with Gasteiger partial charge in [-0.2, -0.15) is 0 Å². The van der Waals surface area contributed by atoms with Gasteiger partial charge in [-0.05, 0) is 24.1 Å². The molecule has 0 saturated heterocycles. The van der Waals surface area contributed by atoms with Gasteiger partial charge >= 0.3 is 0 Å². The minimum Gasteiger partial charge on any atom is -0.325 e. The quantitative estimate of drug-likeness (QED) is 0.668. The SMILES string of the molecule is CCC1C(=O)Nc2ccc[c]c21. The van der Waals surface area contributed by atoms with E-state index in [9.17, 15) is 4.79 Å². The molecule has 1 heterocycles. The van der Waals surface area contributed by atoms with Crippen LogP contribution in [0.1, 0.15) is 24.8 Å². The summed E-state index contributed by atoms with van der Waals surface area (Å²) in [4.78, 5) is 11.3. The number of anilines is 1. The molecule has 0 saturated carbocycles. The summed E-state index contributed by atoms with van der Waals surface area (Å²) in [5.41, 5.74) is 1.94. The molecule has 0 fully saturated rings. The van der Waals surface area contributed by atoms with E-state index >= 15 is 0 Å². The van der Waals surface area contributed by atoms with Gasteiger partial charge in [-0.15, -0.1) is 0 Å². The van der Waals surface area contributed by atoms with Crippen molar-refractivity contribution in [2.75, 3.05) is 5.32 Å². The Bertz CT molecular complexity index is 319. The van der Waals surface area contributed by atoms with Gasteiger partial charge in [0.2, 0.25) is 5.91 Å². The number of hydrogen-bond donors (Lipinski definition) is 1. The lowest BCUT2D eigenvalue weighted by Gasteiger charge is -2.02. The predicted octanol–water partition coefficient (Wildman–Crippen LogP) is 1.93. The number of amides is 1. The molecule has 1 atom stereocenters. The first-order valence-corrected chi connectivity index (χ1v) is 4.14. The second kappa shape index (κ2) is 2.63. The lowest BCUT2D eigenvalue weighted by Crippen LogP contribution is -2.10. The molecular formula is C10H10NO. The van der Waals surface area contributed by atoms with Gasteiger partial charge in [-0.25, -0.2) is 0 Å². The van der Waals surface area contributed by atoms with E-state index < -0.39 is 0 Å². The number of rotatable bonds is 1. The van der Waals surface area contributed by atoms with Crippen LogP contribution in [0.4, 0.5) is 5.69 Å². The van der Waals surface area contributed by atoms with E-state index in [4.69, 9.17) is 0 Å². The minimum atomic E-state index is 0.0150. The molecule has 0 bridgehead atoms. The third-order valence-corrected chi connectivity index (χ3v) is 2.22. The third-order valence-electron chi connectivity index (χ3n) is 2.22. The van der Waals surface area contributed by atoms with Gasteiger partial charge in [0.25, 0.3) is 0 Å². The number of nitrogens with one attached hydrogen (secondary N) is 1. The Morgan fingerprint density at radius 3 is 3.25 bits per heavy atom. The van der Waals surface area contributed by atoms with Crippen molar-refractivity contribution >= 4 is 11.6 Å². The lowest BCUT2D eigenvalue weighted by atomic mass is 9.98. The van der Waals surface area contributed by atoms with E-state index in [1.807, 2.05) is 25.1 Å². The van der Waals surface area contributed by atoms with Crippen LogP contribution in [0.5, 0.6) is 0 Å². The highest BCUT2D eigenvalue weighted by molar-refractivity contribution is 6.02. The van der Waals surface area contributed by atoms with Crippen molar-refractivity contribution in [2.45, 2.75) is 19.3 Å². The van der Waals surface area contributed by atoms with Crippen LogP contribution in [0.3, 0.4) is 0 Å². The molecule has 2 nitrogen and oxygen atoms in total. The van der Waals surface area contributed by atoms with Gasteiger partial charge in [0, 0.05) is 5.69 Å². The summed E-state index contributed by atoms with van der Waals surface area (Å²) in [7, 11) is 0. The zero-order valence-corrected chi connectivity index (χ0v) is 6.92. The maximum absolute atomic E-state index is 11.3. The average molecular weight is 160 g/mol. The molecular weight excluding hydrogens is 150 g/mol. The molecule has 2 rings (SSSR count). The third kappa shape index (κ3) is 0.916. The number of benzene rings is 1. The first kappa shape index (κ1) is 7.35. The average Bonchev–Trinajstić information content (AvgIpc) is 2.40. The topological polar surface area (TPSA) is 29.1 Å². The minimum absolute atomic E-state index is 0.0150. The van der Waals surface area contributed by atoms with Crippen LogP contribution in [0.2, 0.25) is 0 Å². The fourth-order valence-electron chi connectivity index (χ4n) is 1.59. The van der Waals surface area contributed by atoms with Crippen LogP contribution >= 0.6 is 0 Å². The molecule has 1 radical (unpaired) electrons. The summed E-state index contributed by atoms with van der Waals surface area (Å²) in [6.07, 6.45) is 0.847. The van der Waals surface area contributed by atoms with Crippen LogP contribution in [0.15, 0.2) is 18.2 Å². The number of carbonyl (C=O) groups excluding carboxylic acids is 1. The molecule has 61 valence electrons. The monoisotopic (exact) mass is 160 g/mol. The number of fused-ring (bicyclic) bond motifs is 1. The van der Waals surface area contributed by atoms with Gasteiger partial charge in [0.15, 0.2) is 0 Å². The Morgan fingerprint density at radius 1 is 1.67 bits per heavy atom. The summed E-state index contributed by atoms with van der Waals surface area (Å²) >= 11 is 0. The highest BCUT2D eigenvalue weighted by Crippen LogP contribution is 2.33. The van der Waals surface area contributed by atoms with E-state index in [0.29, 0.717) is 0 Å². The van der Waals surface area contributed by atoms with Crippen molar-refractivity contribution in [1.29, 1.82) is 0 Å². The fraction of sp³-hybridized carbons (Fsp3) is 0.300. The largest absolute Gasteiger partial charge is 0.325 e. The molecule has 12 heavy (non-hydrogen) atoms. The molecule has 1 aliphatic rings. The molecule has 1 unspecified atom stereocenters. The van der Waals surface area contributed by atoms with Gasteiger partial charge in [0.05, 0.1) is 5.92 Å². The van der Waals surface area contributed by atoms with Crippen molar-refractivity contribution in [2.24, 2.45) is 0 Å². The van der Waals surface area contributed by atoms with Crippen molar-refractivity contribution < 1.29 is 4.79 Å². The van der Waals surface area contributed by atoms with Crippen LogP contribution < -0.4 is 5.32 Å². The molecule has 0 aliphatic carbocycles. The zero-order chi connectivity index (χ0) is 8.55. The van der Waals surface area contributed by atoms with Crippen LogP contribution in [-0.2, 0) is 4.79 Å². The summed E-state index contributed by atoms with van der Waals surface area (Å²) in [5, 5.41) is 2.83. The lowest BCUT2D eigenvalue weighted by molar-refractivity contribution is -0.117. The second-order valence-electron chi connectivity index (χ2n) is 2.95. The summed E-state index contributed by atoms with van der Waals surface area (Å²) < 4.78 is 0. The summed E-state index contributed by atoms with van der Waals surface area (Å²) in [6.45, 7) is 2.01. The van der Waals surface area contributed by atoms with E-state index in [2.05, 4.69) is 11.4 Å². The maximum Gasteiger partial charge on any atom is 0.232 e. The van der Waals surface area contributed by atoms with E-state index in [-0.39, 0.29) is 11.8 Å². The molecule has 1 amide bonds. The van der Waals surface area contributed by atoms with E-state index in [1.165, 1.54) is 0 Å². The maximum atomic E-state index is 11.3. The zero-order valence-electron chi connectivity index (χ0n) is 6.92. The Kier molecular flexibility index (Phi) is 1.61. The van der Waals surface area contributed by atoms with Gasteiger partial charge < -0.3 is 5.32 Å². The van der Waals surface area contributed by atoms with Crippen molar-refractivity contribution in [3.05, 3.63) is 29.8 Å². The van der Waals surface area contributed by atoms with Crippen molar-refractivity contribution in [3.8, 4) is 0 Å². The van der Waals surface area contributed by atoms with Gasteiger partial charge in [-0.1, -0.05) is 19.1 Å². The smallest absolute Gasteiger partial charge is 0.232 e. The molecule has 1 aromatic carbocycles. The number of carbonyl (C=O) groups is 1. The molecule has 0 spiro atoms. The van der Waals surface area contributed by atoms with Crippen LogP contribution in [0, 0.1) is 6.07 Å². The Balaban J connectivity index is 2.47. The van der Waals surface area contributed by atoms with Gasteiger partial charge in [-0.3, -0.25) is 4.79 Å². The van der Waals surface area contributed by atoms with E-state index in [0.717, 1.165) is 17.7 Å². The standard InChI is InChI=1S/C10H10NO/c1-2-7-8-5-3-4-6-9(8)11-10(7)12/h3-4,6-7H,2H2,1H3,(H,11,12). The second-order valence-corrected chi connectivity index (χ2v) is 2.95.